The number of fused-ring (bicyclic) bond motifs is 1. The molecular weight excluding hydrogens is 244 g/mol. The van der Waals surface area contributed by atoms with E-state index in [2.05, 4.69) is 5.32 Å². The number of aliphatic carboxylic acids is 1. The molecule has 0 spiro atoms. The Morgan fingerprint density at radius 2 is 2.00 bits per heavy atom. The van der Waals surface area contributed by atoms with Crippen LogP contribution in [0, 0.1) is 0 Å². The van der Waals surface area contributed by atoms with Crippen molar-refractivity contribution < 1.29 is 14.7 Å². The van der Waals surface area contributed by atoms with Crippen LogP contribution in [0.1, 0.15) is 25.3 Å². The molecule has 2 N–H and O–H groups in total. The summed E-state index contributed by atoms with van der Waals surface area (Å²) in [4.78, 5) is 25.4. The highest BCUT2D eigenvalue weighted by molar-refractivity contribution is 6.03. The molecule has 1 amide bonds. The van der Waals surface area contributed by atoms with Gasteiger partial charge in [0.25, 0.3) is 0 Å². The minimum absolute atomic E-state index is 0.119. The molecule has 5 heteroatoms. The minimum atomic E-state index is -0.898. The van der Waals surface area contributed by atoms with Crippen LogP contribution < -0.4 is 10.2 Å². The summed E-state index contributed by atoms with van der Waals surface area (Å²) in [5.41, 5.74) is 0.680. The molecule has 1 aliphatic heterocycles. The molecule has 102 valence electrons. The van der Waals surface area contributed by atoms with E-state index in [1.807, 2.05) is 6.07 Å². The molecule has 0 bridgehead atoms. The number of nitrogens with zero attached hydrogens (tertiary/aromatic N) is 1. The molecule has 0 radical (unpaired) electrons. The zero-order valence-electron chi connectivity index (χ0n) is 11.3. The van der Waals surface area contributed by atoms with Crippen LogP contribution in [0.4, 0.5) is 5.69 Å². The maximum absolute atomic E-state index is 12.5. The quantitative estimate of drug-likeness (QED) is 0.858. The summed E-state index contributed by atoms with van der Waals surface area (Å²) in [5.74, 6) is -1.66. The Balaban J connectivity index is 2.41. The van der Waals surface area contributed by atoms with Gasteiger partial charge in [-0.05, 0) is 32.5 Å². The number of benzene rings is 1. The van der Waals surface area contributed by atoms with Gasteiger partial charge >= 0.3 is 5.97 Å². The van der Waals surface area contributed by atoms with Crippen molar-refractivity contribution in [1.82, 2.24) is 5.32 Å². The number of rotatable bonds is 3. The number of carbonyl (C=O) groups excluding carboxylic acids is 1. The van der Waals surface area contributed by atoms with Crippen LogP contribution in [0.5, 0.6) is 0 Å². The Hall–Kier alpha value is -1.88. The molecule has 2 rings (SSSR count). The number of anilines is 1. The van der Waals surface area contributed by atoms with Gasteiger partial charge in [-0.15, -0.1) is 0 Å². The normalized spacial score (nSPS) is 18.3. The molecule has 1 unspecified atom stereocenters. The molecule has 1 aromatic rings. The Bertz CT molecular complexity index is 525. The second-order valence-electron chi connectivity index (χ2n) is 5.24. The lowest BCUT2D eigenvalue weighted by Gasteiger charge is -2.29. The van der Waals surface area contributed by atoms with E-state index >= 15 is 0 Å². The molecule has 0 fully saturated rings. The molecule has 0 aromatic heterocycles. The fourth-order valence-electron chi connectivity index (χ4n) is 2.26. The molecule has 19 heavy (non-hydrogen) atoms. The van der Waals surface area contributed by atoms with E-state index in [0.717, 1.165) is 0 Å². The monoisotopic (exact) mass is 262 g/mol. The Morgan fingerprint density at radius 3 is 2.58 bits per heavy atom. The molecule has 1 heterocycles. The molecule has 1 aromatic carbocycles. The number of carbonyl (C=O) groups is 2. The average molecular weight is 262 g/mol. The predicted octanol–water partition coefficient (Wildman–Crippen LogP) is 1.20. The highest BCUT2D eigenvalue weighted by Crippen LogP contribution is 2.37. The first-order valence-electron chi connectivity index (χ1n) is 6.21. The van der Waals surface area contributed by atoms with E-state index in [0.29, 0.717) is 11.3 Å². The van der Waals surface area contributed by atoms with Gasteiger partial charge in [0.2, 0.25) is 5.91 Å². The first kappa shape index (κ1) is 13.5. The van der Waals surface area contributed by atoms with Gasteiger partial charge in [0.1, 0.15) is 5.92 Å². The summed E-state index contributed by atoms with van der Waals surface area (Å²) in [6.45, 7) is 3.76. The van der Waals surface area contributed by atoms with Crippen LogP contribution >= 0.6 is 0 Å². The second kappa shape index (κ2) is 4.66. The van der Waals surface area contributed by atoms with Gasteiger partial charge < -0.3 is 15.3 Å². The molecular formula is C14H18N2O3. The number of hydrogen-bond acceptors (Lipinski definition) is 3. The summed E-state index contributed by atoms with van der Waals surface area (Å²) < 4.78 is 0. The SMILES string of the molecule is CNC(C)(C)C(=O)N1CC(C(=O)O)c2ccccc21. The fourth-order valence-corrected chi connectivity index (χ4v) is 2.26. The van der Waals surface area contributed by atoms with Gasteiger partial charge in [-0.3, -0.25) is 9.59 Å². The molecule has 1 atom stereocenters. The highest BCUT2D eigenvalue weighted by Gasteiger charge is 2.40. The van der Waals surface area contributed by atoms with Crippen LogP contribution in [0.3, 0.4) is 0 Å². The summed E-state index contributed by atoms with van der Waals surface area (Å²) in [5, 5.41) is 12.2. The topological polar surface area (TPSA) is 69.6 Å². The third-order valence-electron chi connectivity index (χ3n) is 3.67. The van der Waals surface area contributed by atoms with Crippen LogP contribution in [0.15, 0.2) is 24.3 Å². The van der Waals surface area contributed by atoms with Crippen molar-refractivity contribution in [3.8, 4) is 0 Å². The second-order valence-corrected chi connectivity index (χ2v) is 5.24. The highest BCUT2D eigenvalue weighted by atomic mass is 16.4. The molecule has 0 saturated carbocycles. The number of carboxylic acid groups (broad SMARTS) is 1. The zero-order valence-corrected chi connectivity index (χ0v) is 11.3. The summed E-state index contributed by atoms with van der Waals surface area (Å²) >= 11 is 0. The van der Waals surface area contributed by atoms with Crippen molar-refractivity contribution in [1.29, 1.82) is 0 Å². The summed E-state index contributed by atoms with van der Waals surface area (Å²) in [6, 6.07) is 7.18. The Morgan fingerprint density at radius 1 is 1.37 bits per heavy atom. The Labute approximate surface area is 112 Å². The number of hydrogen-bond donors (Lipinski definition) is 2. The van der Waals surface area contributed by atoms with Gasteiger partial charge in [-0.25, -0.2) is 0 Å². The standard InChI is InChI=1S/C14H18N2O3/c1-14(2,15-3)13(19)16-8-10(12(17)18)9-6-4-5-7-11(9)16/h4-7,10,15H,8H2,1-3H3,(H,17,18). The lowest BCUT2D eigenvalue weighted by atomic mass is 10.0. The summed E-state index contributed by atoms with van der Waals surface area (Å²) in [6.07, 6.45) is 0. The van der Waals surface area contributed by atoms with Crippen molar-refractivity contribution >= 4 is 17.6 Å². The van der Waals surface area contributed by atoms with Crippen molar-refractivity contribution in [2.75, 3.05) is 18.5 Å². The fraction of sp³-hybridized carbons (Fsp3) is 0.429. The van der Waals surface area contributed by atoms with Crippen LogP contribution in [0.25, 0.3) is 0 Å². The number of para-hydroxylation sites is 1. The lowest BCUT2D eigenvalue weighted by Crippen LogP contribution is -2.52. The number of likely N-dealkylation sites (N-methyl/N-ethyl adjacent to an activating group) is 1. The van der Waals surface area contributed by atoms with Gasteiger partial charge in [-0.2, -0.15) is 0 Å². The first-order valence-corrected chi connectivity index (χ1v) is 6.21. The Kier molecular flexibility index (Phi) is 3.32. The maximum atomic E-state index is 12.5. The van der Waals surface area contributed by atoms with Gasteiger partial charge in [0, 0.05) is 12.2 Å². The van der Waals surface area contributed by atoms with E-state index < -0.39 is 17.4 Å². The summed E-state index contributed by atoms with van der Waals surface area (Å²) in [7, 11) is 1.72. The number of carboxylic acids is 1. The van der Waals surface area contributed by atoms with E-state index in [1.165, 1.54) is 0 Å². The third-order valence-corrected chi connectivity index (χ3v) is 3.67. The van der Waals surface area contributed by atoms with E-state index in [9.17, 15) is 14.7 Å². The van der Waals surface area contributed by atoms with Crippen molar-refractivity contribution in [2.45, 2.75) is 25.3 Å². The lowest BCUT2D eigenvalue weighted by molar-refractivity contribution is -0.138. The number of nitrogens with one attached hydrogen (secondary N) is 1. The molecule has 0 saturated heterocycles. The van der Waals surface area contributed by atoms with Crippen molar-refractivity contribution in [2.24, 2.45) is 0 Å². The molecule has 1 aliphatic rings. The zero-order chi connectivity index (χ0) is 14.2. The van der Waals surface area contributed by atoms with Gasteiger partial charge in [0.05, 0.1) is 5.54 Å². The average Bonchev–Trinajstić information content (AvgIpc) is 2.77. The van der Waals surface area contributed by atoms with E-state index in [1.54, 1.807) is 44.0 Å². The van der Waals surface area contributed by atoms with Crippen molar-refractivity contribution in [3.63, 3.8) is 0 Å². The van der Waals surface area contributed by atoms with E-state index in [-0.39, 0.29) is 12.5 Å². The third kappa shape index (κ3) is 2.21. The van der Waals surface area contributed by atoms with Crippen LogP contribution in [-0.2, 0) is 9.59 Å². The van der Waals surface area contributed by atoms with E-state index in [4.69, 9.17) is 0 Å². The van der Waals surface area contributed by atoms with Crippen LogP contribution in [-0.4, -0.2) is 36.1 Å². The van der Waals surface area contributed by atoms with Gasteiger partial charge in [0.15, 0.2) is 0 Å². The molecule has 0 aliphatic carbocycles. The maximum Gasteiger partial charge on any atom is 0.312 e. The van der Waals surface area contributed by atoms with Crippen molar-refractivity contribution in [3.05, 3.63) is 29.8 Å². The minimum Gasteiger partial charge on any atom is -0.481 e. The number of amides is 1. The largest absolute Gasteiger partial charge is 0.481 e. The van der Waals surface area contributed by atoms with Gasteiger partial charge in [-0.1, -0.05) is 18.2 Å². The first-order chi connectivity index (χ1) is 8.88. The van der Waals surface area contributed by atoms with Crippen LogP contribution in [0.2, 0.25) is 0 Å². The predicted molar refractivity (Wildman–Crippen MR) is 72.3 cm³/mol. The smallest absolute Gasteiger partial charge is 0.312 e. The molecule has 5 nitrogen and oxygen atoms in total.